The number of carbonyl (C=O) groups excluding carboxylic acids is 1. The topological polar surface area (TPSA) is 54.3 Å². The largest absolute Gasteiger partial charge is 0.343 e. The van der Waals surface area contributed by atoms with E-state index in [0.717, 1.165) is 23.9 Å². The van der Waals surface area contributed by atoms with Crippen LogP contribution < -0.4 is 0 Å². The average Bonchev–Trinajstić information content (AvgIpc) is 3.04. The molecule has 0 fully saturated rings. The summed E-state index contributed by atoms with van der Waals surface area (Å²) in [6, 6.07) is 8.71. The molecule has 1 atom stereocenters. The summed E-state index contributed by atoms with van der Waals surface area (Å²) >= 11 is 6.06. The molecule has 2 heterocycles. The van der Waals surface area contributed by atoms with Gasteiger partial charge in [-0.15, -0.1) is 0 Å². The maximum atomic E-state index is 12.8. The van der Waals surface area contributed by atoms with Gasteiger partial charge in [-0.25, -0.2) is 4.98 Å². The molecule has 146 valence electrons. The second kappa shape index (κ2) is 7.18. The number of halogens is 1. The molecule has 1 unspecified atom stereocenters. The predicted octanol–water partition coefficient (Wildman–Crippen LogP) is 3.71. The van der Waals surface area contributed by atoms with Crippen molar-refractivity contribution in [3.63, 3.8) is 0 Å². The first kappa shape index (κ1) is 18.9. The van der Waals surface area contributed by atoms with Crippen LogP contribution in [-0.2, 0) is 6.42 Å². The van der Waals surface area contributed by atoms with Gasteiger partial charge >= 0.3 is 0 Å². The molecule has 0 N–H and O–H groups in total. The minimum absolute atomic E-state index is 0.0852. The fraction of sp³-hybridized carbons (Fsp3) is 0.381. The molecule has 1 amide bonds. The Hall–Kier alpha value is -2.44. The molecule has 1 aromatic carbocycles. The van der Waals surface area contributed by atoms with Crippen LogP contribution in [0.3, 0.4) is 0 Å². The number of fused-ring (bicyclic) bond motifs is 2. The first-order valence-corrected chi connectivity index (χ1v) is 9.80. The molecule has 0 aliphatic heterocycles. The van der Waals surface area contributed by atoms with Crippen molar-refractivity contribution >= 4 is 28.5 Å². The molecule has 0 saturated carbocycles. The van der Waals surface area contributed by atoms with Gasteiger partial charge in [0.05, 0.1) is 0 Å². The van der Waals surface area contributed by atoms with Crippen molar-refractivity contribution in [3.05, 3.63) is 52.6 Å². The minimum Gasteiger partial charge on any atom is -0.343 e. The maximum absolute atomic E-state index is 12.8. The van der Waals surface area contributed by atoms with Crippen LogP contribution in [0.25, 0.3) is 16.7 Å². The summed E-state index contributed by atoms with van der Waals surface area (Å²) < 4.78 is 1.89. The number of aromatic nitrogens is 3. The Labute approximate surface area is 169 Å². The number of nitrogens with zero attached hydrogens (tertiary/aromatic N) is 5. The van der Waals surface area contributed by atoms with Crippen molar-refractivity contribution < 1.29 is 4.79 Å². The van der Waals surface area contributed by atoms with E-state index in [4.69, 9.17) is 11.6 Å². The number of carbonyl (C=O) groups is 1. The van der Waals surface area contributed by atoms with Gasteiger partial charge in [0, 0.05) is 37.4 Å². The van der Waals surface area contributed by atoms with Crippen LogP contribution in [0.4, 0.5) is 0 Å². The third kappa shape index (κ3) is 3.16. The Bertz CT molecular complexity index is 1060. The fourth-order valence-electron chi connectivity index (χ4n) is 4.07. The number of benzene rings is 1. The van der Waals surface area contributed by atoms with Gasteiger partial charge in [-0.05, 0) is 74.3 Å². The van der Waals surface area contributed by atoms with Crippen LogP contribution in [0.1, 0.15) is 40.5 Å². The molecule has 2 aromatic heterocycles. The average molecular weight is 398 g/mol. The second-order valence-corrected chi connectivity index (χ2v) is 8.08. The first-order chi connectivity index (χ1) is 13.4. The van der Waals surface area contributed by atoms with E-state index in [0.29, 0.717) is 17.4 Å². The van der Waals surface area contributed by atoms with E-state index < -0.39 is 0 Å². The molecule has 0 saturated heterocycles. The van der Waals surface area contributed by atoms with Gasteiger partial charge in [0.2, 0.25) is 5.28 Å². The van der Waals surface area contributed by atoms with Crippen molar-refractivity contribution in [2.75, 3.05) is 28.2 Å². The zero-order chi connectivity index (χ0) is 20.0. The predicted molar refractivity (Wildman–Crippen MR) is 111 cm³/mol. The molecule has 1 aliphatic rings. The number of hydrogen-bond donors (Lipinski definition) is 0. The highest BCUT2D eigenvalue weighted by Gasteiger charge is 2.24. The van der Waals surface area contributed by atoms with Crippen LogP contribution in [0.5, 0.6) is 0 Å². The second-order valence-electron chi connectivity index (χ2n) is 7.74. The number of hydrogen-bond acceptors (Lipinski definition) is 4. The van der Waals surface area contributed by atoms with Crippen molar-refractivity contribution in [1.82, 2.24) is 24.3 Å². The van der Waals surface area contributed by atoms with Gasteiger partial charge in [0.15, 0.2) is 0 Å². The van der Waals surface area contributed by atoms with Crippen molar-refractivity contribution in [1.29, 1.82) is 0 Å². The van der Waals surface area contributed by atoms with Gasteiger partial charge in [-0.2, -0.15) is 4.98 Å². The number of aryl methyl sites for hydroxylation is 1. The van der Waals surface area contributed by atoms with Gasteiger partial charge in [0.1, 0.15) is 11.3 Å². The Morgan fingerprint density at radius 2 is 2.00 bits per heavy atom. The molecule has 1 aliphatic carbocycles. The monoisotopic (exact) mass is 397 g/mol. The zero-order valence-corrected chi connectivity index (χ0v) is 17.4. The SMILES string of the molecule is CN(C)C(=O)c1cc2cnc(Cl)nc2n1-c1ccc2c(c1)CCCC2N(C)C. The summed E-state index contributed by atoms with van der Waals surface area (Å²) in [7, 11) is 7.74. The van der Waals surface area contributed by atoms with E-state index in [1.807, 2.05) is 10.6 Å². The third-order valence-electron chi connectivity index (χ3n) is 5.43. The standard InChI is InChI=1S/C21H24ClN5O/c1-25(2)17-7-5-6-13-10-15(8-9-16(13)17)27-18(20(28)26(3)4)11-14-12-23-21(22)24-19(14)27/h8-12,17H,5-7H2,1-4H3. The molecule has 28 heavy (non-hydrogen) atoms. The fourth-order valence-corrected chi connectivity index (χ4v) is 4.20. The van der Waals surface area contributed by atoms with Gasteiger partial charge in [-0.3, -0.25) is 9.36 Å². The quantitative estimate of drug-likeness (QED) is 0.632. The van der Waals surface area contributed by atoms with E-state index in [2.05, 4.69) is 47.2 Å². The molecule has 0 bridgehead atoms. The smallest absolute Gasteiger partial charge is 0.270 e. The Balaban J connectivity index is 1.92. The molecular formula is C21H24ClN5O. The van der Waals surface area contributed by atoms with Crippen molar-refractivity contribution in [3.8, 4) is 5.69 Å². The zero-order valence-electron chi connectivity index (χ0n) is 16.6. The summed E-state index contributed by atoms with van der Waals surface area (Å²) in [5.41, 5.74) is 4.81. The third-order valence-corrected chi connectivity index (χ3v) is 5.61. The summed E-state index contributed by atoms with van der Waals surface area (Å²) in [6.45, 7) is 0. The maximum Gasteiger partial charge on any atom is 0.270 e. The van der Waals surface area contributed by atoms with E-state index in [9.17, 15) is 4.79 Å². The summed E-state index contributed by atoms with van der Waals surface area (Å²) in [4.78, 5) is 25.2. The van der Waals surface area contributed by atoms with Crippen LogP contribution in [-0.4, -0.2) is 58.4 Å². The summed E-state index contributed by atoms with van der Waals surface area (Å²) in [6.07, 6.45) is 5.02. The highest BCUT2D eigenvalue weighted by Crippen LogP contribution is 2.35. The van der Waals surface area contributed by atoms with Crippen molar-refractivity contribution in [2.45, 2.75) is 25.3 Å². The Morgan fingerprint density at radius 1 is 1.21 bits per heavy atom. The van der Waals surface area contributed by atoms with Crippen LogP contribution in [0, 0.1) is 0 Å². The van der Waals surface area contributed by atoms with E-state index in [1.54, 1.807) is 25.2 Å². The van der Waals surface area contributed by atoms with Gasteiger partial charge in [-0.1, -0.05) is 6.07 Å². The lowest BCUT2D eigenvalue weighted by Crippen LogP contribution is -2.25. The van der Waals surface area contributed by atoms with E-state index >= 15 is 0 Å². The van der Waals surface area contributed by atoms with E-state index in [-0.39, 0.29) is 11.2 Å². The Morgan fingerprint density at radius 3 is 2.71 bits per heavy atom. The van der Waals surface area contributed by atoms with Gasteiger partial charge in [0.25, 0.3) is 5.91 Å². The van der Waals surface area contributed by atoms with Crippen LogP contribution >= 0.6 is 11.6 Å². The molecular weight excluding hydrogens is 374 g/mol. The molecule has 7 heteroatoms. The molecule has 4 rings (SSSR count). The lowest BCUT2D eigenvalue weighted by molar-refractivity contribution is 0.0820. The van der Waals surface area contributed by atoms with E-state index in [1.165, 1.54) is 17.5 Å². The number of amides is 1. The normalized spacial score (nSPS) is 16.4. The molecule has 3 aromatic rings. The highest BCUT2D eigenvalue weighted by atomic mass is 35.5. The van der Waals surface area contributed by atoms with Crippen LogP contribution in [0.2, 0.25) is 5.28 Å². The molecule has 0 spiro atoms. The van der Waals surface area contributed by atoms with Crippen LogP contribution in [0.15, 0.2) is 30.5 Å². The lowest BCUT2D eigenvalue weighted by atomic mass is 9.87. The van der Waals surface area contributed by atoms with Crippen molar-refractivity contribution in [2.24, 2.45) is 0 Å². The minimum atomic E-state index is -0.0852. The Kier molecular flexibility index (Phi) is 4.85. The highest BCUT2D eigenvalue weighted by molar-refractivity contribution is 6.28. The lowest BCUT2D eigenvalue weighted by Gasteiger charge is -2.31. The van der Waals surface area contributed by atoms with Gasteiger partial charge < -0.3 is 9.80 Å². The number of rotatable bonds is 3. The molecule has 0 radical (unpaired) electrons. The summed E-state index contributed by atoms with van der Waals surface area (Å²) in [5, 5.41) is 0.958. The summed E-state index contributed by atoms with van der Waals surface area (Å²) in [5.74, 6) is -0.0852. The first-order valence-electron chi connectivity index (χ1n) is 9.42. The molecule has 6 nitrogen and oxygen atoms in total.